The summed E-state index contributed by atoms with van der Waals surface area (Å²) in [6, 6.07) is 10.7. The van der Waals surface area contributed by atoms with Crippen molar-refractivity contribution in [3.05, 3.63) is 48.0 Å². The van der Waals surface area contributed by atoms with Gasteiger partial charge in [-0.15, -0.1) is 0 Å². The normalized spacial score (nSPS) is 18.1. The predicted molar refractivity (Wildman–Crippen MR) is 139 cm³/mol. The van der Waals surface area contributed by atoms with E-state index in [4.69, 9.17) is 14.6 Å². The number of nitrogens with zero attached hydrogens (tertiary/aromatic N) is 3. The van der Waals surface area contributed by atoms with Crippen LogP contribution in [0.2, 0.25) is 0 Å². The Morgan fingerprint density at radius 3 is 2.42 bits per heavy atom. The van der Waals surface area contributed by atoms with Crippen molar-refractivity contribution >= 4 is 32.7 Å². The minimum atomic E-state index is -4.37. The fourth-order valence-electron chi connectivity index (χ4n) is 5.41. The smallest absolute Gasteiger partial charge is 0.416 e. The molecule has 5 rings (SSSR count). The molecule has 0 spiro atoms. The zero-order valence-corrected chi connectivity index (χ0v) is 21.7. The van der Waals surface area contributed by atoms with Crippen LogP contribution in [-0.2, 0) is 11.0 Å². The zero-order chi connectivity index (χ0) is 26.8. The second kappa shape index (κ2) is 11.0. The summed E-state index contributed by atoms with van der Waals surface area (Å²) in [5, 5.41) is 9.59. The summed E-state index contributed by atoms with van der Waals surface area (Å²) < 4.78 is 51.3. The predicted octanol–water partition coefficient (Wildman–Crippen LogP) is 5.68. The Kier molecular flexibility index (Phi) is 7.67. The summed E-state index contributed by atoms with van der Waals surface area (Å²) >= 11 is 1.32. The Labute approximate surface area is 222 Å². The second-order valence-electron chi connectivity index (χ2n) is 9.84. The number of aliphatic carboxylic acids is 1. The molecule has 2 fully saturated rings. The molecule has 1 N–H and O–H groups in total. The number of fused-ring (bicyclic) bond motifs is 1. The first kappa shape index (κ1) is 26.6. The highest BCUT2D eigenvalue weighted by molar-refractivity contribution is 7.22. The number of benzene rings is 2. The van der Waals surface area contributed by atoms with Gasteiger partial charge < -0.3 is 19.5 Å². The van der Waals surface area contributed by atoms with Crippen molar-refractivity contribution in [3.8, 4) is 11.5 Å². The summed E-state index contributed by atoms with van der Waals surface area (Å²) in [4.78, 5) is 20.2. The van der Waals surface area contributed by atoms with E-state index in [9.17, 15) is 18.0 Å². The van der Waals surface area contributed by atoms with Gasteiger partial charge in [-0.3, -0.25) is 4.90 Å². The lowest BCUT2D eigenvalue weighted by Gasteiger charge is -2.47. The van der Waals surface area contributed by atoms with Gasteiger partial charge in [0.25, 0.3) is 0 Å². The zero-order valence-electron chi connectivity index (χ0n) is 20.9. The number of halogens is 3. The molecule has 2 aliphatic rings. The third kappa shape index (κ3) is 5.99. The molecule has 1 aromatic heterocycles. The van der Waals surface area contributed by atoms with Gasteiger partial charge in [0.1, 0.15) is 11.5 Å². The number of carbonyl (C=O) groups is 1. The third-order valence-corrected chi connectivity index (χ3v) is 8.53. The molecular weight excluding hydrogens is 519 g/mol. The molecule has 2 saturated heterocycles. The highest BCUT2D eigenvalue weighted by atomic mass is 32.1. The van der Waals surface area contributed by atoms with E-state index in [-0.39, 0.29) is 5.54 Å². The number of thiazole rings is 1. The SMILES string of the molecule is O=C(O)COc1cccc(OCCC2(N3CCCC3)CCN(c3nc4ccc(C(F)(F)F)cc4s3)CC2)c1. The summed E-state index contributed by atoms with van der Waals surface area (Å²) in [5.41, 5.74) is -0.0619. The Balaban J connectivity index is 1.23. The fraction of sp³-hybridized carbons (Fsp3) is 0.481. The summed E-state index contributed by atoms with van der Waals surface area (Å²) in [7, 11) is 0. The molecule has 2 aromatic carbocycles. The summed E-state index contributed by atoms with van der Waals surface area (Å²) in [6.45, 7) is 3.78. The van der Waals surface area contributed by atoms with E-state index >= 15 is 0 Å². The van der Waals surface area contributed by atoms with Gasteiger partial charge in [0.2, 0.25) is 0 Å². The van der Waals surface area contributed by atoms with Gasteiger partial charge in [-0.1, -0.05) is 17.4 Å². The average molecular weight is 550 g/mol. The van der Waals surface area contributed by atoms with Crippen LogP contribution in [0.5, 0.6) is 11.5 Å². The molecule has 0 atom stereocenters. The van der Waals surface area contributed by atoms with Crippen LogP contribution in [0.4, 0.5) is 18.3 Å². The van der Waals surface area contributed by atoms with E-state index in [1.807, 2.05) is 6.07 Å². The first-order chi connectivity index (χ1) is 18.2. The van der Waals surface area contributed by atoms with Crippen molar-refractivity contribution < 1.29 is 32.5 Å². The van der Waals surface area contributed by atoms with E-state index in [0.29, 0.717) is 28.3 Å². The lowest BCUT2D eigenvalue weighted by Crippen LogP contribution is -2.55. The number of hydrogen-bond donors (Lipinski definition) is 1. The standard InChI is InChI=1S/C27H30F3N3O4S/c28-27(29,30)19-6-7-22-23(16-19)38-25(31-22)32-13-8-26(9-14-32,33-11-1-2-12-33)10-15-36-20-4-3-5-21(17-20)37-18-24(34)35/h3-7,16-17H,1-2,8-15,18H2,(H,34,35). The van der Waals surface area contributed by atoms with Gasteiger partial charge in [0.05, 0.1) is 22.4 Å². The number of aromatic nitrogens is 1. The largest absolute Gasteiger partial charge is 0.493 e. The fourth-order valence-corrected chi connectivity index (χ4v) is 6.47. The number of ether oxygens (including phenoxy) is 2. The molecule has 7 nitrogen and oxygen atoms in total. The van der Waals surface area contributed by atoms with Crippen molar-refractivity contribution in [2.24, 2.45) is 0 Å². The molecule has 204 valence electrons. The van der Waals surface area contributed by atoms with Crippen LogP contribution in [0.15, 0.2) is 42.5 Å². The molecule has 38 heavy (non-hydrogen) atoms. The van der Waals surface area contributed by atoms with Crippen molar-refractivity contribution in [2.75, 3.05) is 44.3 Å². The summed E-state index contributed by atoms with van der Waals surface area (Å²) in [6.07, 6.45) is 0.663. The lowest BCUT2D eigenvalue weighted by atomic mass is 9.83. The Hall–Kier alpha value is -3.05. The molecule has 0 saturated carbocycles. The van der Waals surface area contributed by atoms with E-state index in [1.165, 1.54) is 36.3 Å². The van der Waals surface area contributed by atoms with E-state index in [2.05, 4.69) is 14.8 Å². The number of carboxylic acids is 1. The topological polar surface area (TPSA) is 75.1 Å². The van der Waals surface area contributed by atoms with Crippen molar-refractivity contribution in [2.45, 2.75) is 43.8 Å². The number of anilines is 1. The molecule has 0 aliphatic carbocycles. The molecule has 0 unspecified atom stereocenters. The molecule has 2 aliphatic heterocycles. The van der Waals surface area contributed by atoms with E-state index < -0.39 is 24.3 Å². The highest BCUT2D eigenvalue weighted by Gasteiger charge is 2.41. The minimum absolute atomic E-state index is 0.00937. The molecule has 11 heteroatoms. The van der Waals surface area contributed by atoms with Gasteiger partial charge in [-0.25, -0.2) is 9.78 Å². The maximum Gasteiger partial charge on any atom is 0.416 e. The lowest BCUT2D eigenvalue weighted by molar-refractivity contribution is -0.139. The van der Waals surface area contributed by atoms with Crippen LogP contribution in [0, 0.1) is 0 Å². The monoisotopic (exact) mass is 549 g/mol. The number of piperidine rings is 1. The van der Waals surface area contributed by atoms with Crippen molar-refractivity contribution in [1.29, 1.82) is 0 Å². The highest BCUT2D eigenvalue weighted by Crippen LogP contribution is 2.40. The van der Waals surface area contributed by atoms with Crippen LogP contribution in [-0.4, -0.2) is 65.9 Å². The van der Waals surface area contributed by atoms with Gasteiger partial charge in [0.15, 0.2) is 11.7 Å². The van der Waals surface area contributed by atoms with Crippen LogP contribution in [0.3, 0.4) is 0 Å². The van der Waals surface area contributed by atoms with E-state index in [0.717, 1.165) is 56.6 Å². The Morgan fingerprint density at radius 1 is 1.03 bits per heavy atom. The van der Waals surface area contributed by atoms with Gasteiger partial charge in [-0.05, 0) is 75.5 Å². The van der Waals surface area contributed by atoms with Crippen LogP contribution in [0.1, 0.15) is 37.7 Å². The maximum absolute atomic E-state index is 13.1. The third-order valence-electron chi connectivity index (χ3n) is 7.45. The molecular formula is C27H30F3N3O4S. The number of rotatable bonds is 9. The molecule has 0 amide bonds. The first-order valence-electron chi connectivity index (χ1n) is 12.8. The van der Waals surface area contributed by atoms with Crippen LogP contribution in [0.25, 0.3) is 10.2 Å². The number of carboxylic acid groups (broad SMARTS) is 1. The minimum Gasteiger partial charge on any atom is -0.493 e. The number of alkyl halides is 3. The molecule has 0 bridgehead atoms. The van der Waals surface area contributed by atoms with Crippen LogP contribution >= 0.6 is 11.3 Å². The molecule has 3 heterocycles. The number of hydrogen-bond acceptors (Lipinski definition) is 7. The average Bonchev–Trinajstić information content (AvgIpc) is 3.58. The molecule has 0 radical (unpaired) electrons. The van der Waals surface area contributed by atoms with Gasteiger partial charge >= 0.3 is 12.1 Å². The quantitative estimate of drug-likeness (QED) is 0.368. The first-order valence-corrected chi connectivity index (χ1v) is 13.6. The second-order valence-corrected chi connectivity index (χ2v) is 10.8. The van der Waals surface area contributed by atoms with Crippen LogP contribution < -0.4 is 14.4 Å². The van der Waals surface area contributed by atoms with E-state index in [1.54, 1.807) is 18.2 Å². The number of likely N-dealkylation sites (tertiary alicyclic amines) is 1. The van der Waals surface area contributed by atoms with Gasteiger partial charge in [-0.2, -0.15) is 13.2 Å². The Bertz CT molecular complexity index is 1270. The van der Waals surface area contributed by atoms with Gasteiger partial charge in [0, 0.05) is 24.7 Å². The summed E-state index contributed by atoms with van der Waals surface area (Å²) in [5.74, 6) is 0.0485. The van der Waals surface area contributed by atoms with Crippen molar-refractivity contribution in [1.82, 2.24) is 9.88 Å². The maximum atomic E-state index is 13.1. The van der Waals surface area contributed by atoms with Crippen molar-refractivity contribution in [3.63, 3.8) is 0 Å². The Morgan fingerprint density at radius 2 is 1.74 bits per heavy atom. The molecule has 3 aromatic rings.